The molecule has 0 aliphatic carbocycles. The molecule has 4 nitrogen and oxygen atoms in total. The maximum atomic E-state index is 5.32. The molecule has 0 aromatic rings. The van der Waals surface area contributed by atoms with Gasteiger partial charge in [-0.1, -0.05) is 6.92 Å². The summed E-state index contributed by atoms with van der Waals surface area (Å²) < 4.78 is 10.5. The van der Waals surface area contributed by atoms with Gasteiger partial charge in [0.15, 0.2) is 0 Å². The molecule has 0 saturated carbocycles. The normalized spacial score (nSPS) is 10.7. The molecule has 0 aliphatic rings. The number of hydrogen-bond acceptors (Lipinski definition) is 4. The highest BCUT2D eigenvalue weighted by atomic mass is 16.5. The van der Waals surface area contributed by atoms with E-state index in [1.165, 1.54) is 0 Å². The van der Waals surface area contributed by atoms with Gasteiger partial charge in [0.05, 0.1) is 13.2 Å². The summed E-state index contributed by atoms with van der Waals surface area (Å²) in [7, 11) is 0. The van der Waals surface area contributed by atoms with E-state index < -0.39 is 0 Å². The first-order valence-electron chi connectivity index (χ1n) is 5.48. The van der Waals surface area contributed by atoms with E-state index in [-0.39, 0.29) is 0 Å². The van der Waals surface area contributed by atoms with Crippen LogP contribution in [0, 0.1) is 0 Å². The predicted octanol–water partition coefficient (Wildman–Crippen LogP) is 0.368. The molecule has 0 aliphatic heterocycles. The fourth-order valence-corrected chi connectivity index (χ4v) is 1.00. The Bertz CT molecular complexity index is 90.1. The third-order valence-electron chi connectivity index (χ3n) is 1.68. The van der Waals surface area contributed by atoms with E-state index in [1.54, 1.807) is 0 Å². The minimum absolute atomic E-state index is 0.609. The van der Waals surface area contributed by atoms with Crippen LogP contribution >= 0.6 is 0 Å². The van der Waals surface area contributed by atoms with Crippen LogP contribution in [-0.4, -0.2) is 46.1 Å². The summed E-state index contributed by atoms with van der Waals surface area (Å²) >= 11 is 0. The molecule has 0 spiro atoms. The van der Waals surface area contributed by atoms with Crippen LogP contribution < -0.4 is 11.1 Å². The first-order chi connectivity index (χ1) is 6.91. The predicted molar refractivity (Wildman–Crippen MR) is 58.5 cm³/mol. The summed E-state index contributed by atoms with van der Waals surface area (Å²) in [6.07, 6.45) is 2.13. The highest BCUT2D eigenvalue weighted by Crippen LogP contribution is 1.81. The molecule has 0 fully saturated rings. The summed E-state index contributed by atoms with van der Waals surface area (Å²) in [6, 6.07) is 0. The molecule has 0 radical (unpaired) electrons. The lowest BCUT2D eigenvalue weighted by Gasteiger charge is -2.05. The molecule has 0 aromatic heterocycles. The molecular formula is C10H24N2O2. The Morgan fingerprint density at radius 3 is 2.50 bits per heavy atom. The average molecular weight is 204 g/mol. The van der Waals surface area contributed by atoms with E-state index in [4.69, 9.17) is 15.2 Å². The molecule has 0 amide bonds. The number of ether oxygens (including phenoxy) is 2. The Labute approximate surface area is 87.1 Å². The average Bonchev–Trinajstić information content (AvgIpc) is 2.21. The number of nitrogens with two attached hydrogens (primary N) is 1. The van der Waals surface area contributed by atoms with Crippen molar-refractivity contribution in [2.75, 3.05) is 46.1 Å². The zero-order valence-electron chi connectivity index (χ0n) is 9.26. The molecule has 4 heteroatoms. The number of nitrogens with one attached hydrogen (secondary N) is 1. The van der Waals surface area contributed by atoms with Gasteiger partial charge in [-0.05, 0) is 19.4 Å². The van der Waals surface area contributed by atoms with Crippen molar-refractivity contribution in [2.45, 2.75) is 19.8 Å². The van der Waals surface area contributed by atoms with Crippen LogP contribution in [0.5, 0.6) is 0 Å². The molecule has 0 heterocycles. The van der Waals surface area contributed by atoms with Gasteiger partial charge in [0, 0.05) is 26.3 Å². The van der Waals surface area contributed by atoms with Crippen molar-refractivity contribution in [2.24, 2.45) is 5.73 Å². The van der Waals surface area contributed by atoms with Crippen molar-refractivity contribution < 1.29 is 9.47 Å². The molecule has 0 bridgehead atoms. The van der Waals surface area contributed by atoms with Crippen LogP contribution in [-0.2, 0) is 9.47 Å². The smallest absolute Gasteiger partial charge is 0.0590 e. The minimum Gasteiger partial charge on any atom is -0.380 e. The largest absolute Gasteiger partial charge is 0.380 e. The van der Waals surface area contributed by atoms with Gasteiger partial charge in [-0.25, -0.2) is 0 Å². The zero-order chi connectivity index (χ0) is 10.5. The van der Waals surface area contributed by atoms with Crippen molar-refractivity contribution in [3.8, 4) is 0 Å². The Hall–Kier alpha value is -0.160. The van der Waals surface area contributed by atoms with Gasteiger partial charge in [0.1, 0.15) is 0 Å². The van der Waals surface area contributed by atoms with E-state index in [9.17, 15) is 0 Å². The second kappa shape index (κ2) is 12.8. The van der Waals surface area contributed by atoms with Crippen LogP contribution in [0.3, 0.4) is 0 Å². The molecule has 0 unspecified atom stereocenters. The Kier molecular flexibility index (Phi) is 12.7. The fourth-order valence-electron chi connectivity index (χ4n) is 1.00. The maximum absolute atomic E-state index is 5.32. The first kappa shape index (κ1) is 13.8. The van der Waals surface area contributed by atoms with E-state index in [0.717, 1.165) is 45.8 Å². The lowest BCUT2D eigenvalue weighted by atomic mass is 10.4. The minimum atomic E-state index is 0.609. The summed E-state index contributed by atoms with van der Waals surface area (Å²) in [5.74, 6) is 0. The van der Waals surface area contributed by atoms with Crippen molar-refractivity contribution in [1.82, 2.24) is 5.32 Å². The second-order valence-electron chi connectivity index (χ2n) is 3.12. The Morgan fingerprint density at radius 1 is 1.00 bits per heavy atom. The molecule has 3 N–H and O–H groups in total. The zero-order valence-corrected chi connectivity index (χ0v) is 9.26. The van der Waals surface area contributed by atoms with Gasteiger partial charge in [0.2, 0.25) is 0 Å². The van der Waals surface area contributed by atoms with Gasteiger partial charge in [-0.2, -0.15) is 0 Å². The molecular weight excluding hydrogens is 180 g/mol. The van der Waals surface area contributed by atoms with E-state index in [2.05, 4.69) is 12.2 Å². The summed E-state index contributed by atoms with van der Waals surface area (Å²) in [5.41, 5.74) is 5.28. The SMILES string of the molecule is CCCOCCNCCCOCCN. The molecule has 86 valence electrons. The summed E-state index contributed by atoms with van der Waals surface area (Å²) in [4.78, 5) is 0. The number of rotatable bonds is 11. The third-order valence-corrected chi connectivity index (χ3v) is 1.68. The molecule has 14 heavy (non-hydrogen) atoms. The van der Waals surface area contributed by atoms with E-state index in [1.807, 2.05) is 0 Å². The van der Waals surface area contributed by atoms with Crippen LogP contribution in [0.25, 0.3) is 0 Å². The topological polar surface area (TPSA) is 56.5 Å². The van der Waals surface area contributed by atoms with Gasteiger partial charge < -0.3 is 20.5 Å². The quantitative estimate of drug-likeness (QED) is 0.477. The van der Waals surface area contributed by atoms with Crippen molar-refractivity contribution in [1.29, 1.82) is 0 Å². The lowest BCUT2D eigenvalue weighted by molar-refractivity contribution is 0.129. The van der Waals surface area contributed by atoms with Crippen molar-refractivity contribution >= 4 is 0 Å². The van der Waals surface area contributed by atoms with Crippen molar-refractivity contribution in [3.05, 3.63) is 0 Å². The molecule has 0 atom stereocenters. The van der Waals surface area contributed by atoms with Gasteiger partial charge in [-0.15, -0.1) is 0 Å². The summed E-state index contributed by atoms with van der Waals surface area (Å²) in [6.45, 7) is 7.76. The van der Waals surface area contributed by atoms with Gasteiger partial charge in [0.25, 0.3) is 0 Å². The number of hydrogen-bond donors (Lipinski definition) is 2. The van der Waals surface area contributed by atoms with Crippen molar-refractivity contribution in [3.63, 3.8) is 0 Å². The maximum Gasteiger partial charge on any atom is 0.0590 e. The van der Waals surface area contributed by atoms with Gasteiger partial charge in [-0.3, -0.25) is 0 Å². The Morgan fingerprint density at radius 2 is 1.79 bits per heavy atom. The molecule has 0 rings (SSSR count). The molecule has 0 saturated heterocycles. The third kappa shape index (κ3) is 11.8. The van der Waals surface area contributed by atoms with Crippen LogP contribution in [0.4, 0.5) is 0 Å². The van der Waals surface area contributed by atoms with E-state index in [0.29, 0.717) is 13.2 Å². The second-order valence-corrected chi connectivity index (χ2v) is 3.12. The standard InChI is InChI=1S/C10H24N2O2/c1-2-7-13-10-6-12-5-3-8-14-9-4-11/h12H,2-11H2,1H3. The Balaban J connectivity index is 2.78. The summed E-state index contributed by atoms with van der Waals surface area (Å²) in [5, 5.41) is 3.28. The van der Waals surface area contributed by atoms with Gasteiger partial charge >= 0.3 is 0 Å². The first-order valence-corrected chi connectivity index (χ1v) is 5.48. The van der Waals surface area contributed by atoms with Crippen LogP contribution in [0.2, 0.25) is 0 Å². The monoisotopic (exact) mass is 204 g/mol. The van der Waals surface area contributed by atoms with Crippen LogP contribution in [0.15, 0.2) is 0 Å². The van der Waals surface area contributed by atoms with E-state index >= 15 is 0 Å². The highest BCUT2D eigenvalue weighted by Gasteiger charge is 1.89. The highest BCUT2D eigenvalue weighted by molar-refractivity contribution is 4.46. The lowest BCUT2D eigenvalue weighted by Crippen LogP contribution is -2.22. The fraction of sp³-hybridized carbons (Fsp3) is 1.00. The molecule has 0 aromatic carbocycles. The van der Waals surface area contributed by atoms with Crippen LogP contribution in [0.1, 0.15) is 19.8 Å².